The number of ether oxygens (including phenoxy) is 1. The summed E-state index contributed by atoms with van der Waals surface area (Å²) >= 11 is 0. The number of amides is 2. The van der Waals surface area contributed by atoms with Gasteiger partial charge in [0.05, 0.1) is 4.90 Å². The van der Waals surface area contributed by atoms with Crippen LogP contribution in [0.25, 0.3) is 10.8 Å². The Hall–Kier alpha value is -4.21. The largest absolute Gasteiger partial charge is 0.445 e. The Labute approximate surface area is 215 Å². The number of hydrogen-bond acceptors (Lipinski definition) is 5. The molecule has 0 saturated carbocycles. The number of rotatable bonds is 9. The van der Waals surface area contributed by atoms with Crippen LogP contribution < -0.4 is 15.4 Å². The van der Waals surface area contributed by atoms with Crippen LogP contribution in [-0.4, -0.2) is 33.5 Å². The number of alkyl carbamates (subject to hydrolysis) is 1. The predicted molar refractivity (Wildman–Crippen MR) is 143 cm³/mol. The highest BCUT2D eigenvalue weighted by Gasteiger charge is 2.23. The van der Waals surface area contributed by atoms with Crippen LogP contribution in [0.15, 0.2) is 102 Å². The molecule has 0 spiro atoms. The molecule has 2 amide bonds. The van der Waals surface area contributed by atoms with Crippen molar-refractivity contribution in [2.45, 2.75) is 24.0 Å². The monoisotopic (exact) mass is 517 g/mol. The summed E-state index contributed by atoms with van der Waals surface area (Å²) in [5.41, 5.74) is 2.10. The van der Waals surface area contributed by atoms with Crippen molar-refractivity contribution in [1.29, 1.82) is 0 Å². The first kappa shape index (κ1) is 25.9. The van der Waals surface area contributed by atoms with Crippen LogP contribution in [0.3, 0.4) is 0 Å². The van der Waals surface area contributed by atoms with E-state index < -0.39 is 28.1 Å². The third-order valence-corrected chi connectivity index (χ3v) is 7.27. The number of anilines is 1. The molecule has 0 saturated heterocycles. The number of nitrogens with one attached hydrogen (secondary N) is 3. The average Bonchev–Trinajstić information content (AvgIpc) is 2.92. The zero-order valence-electron chi connectivity index (χ0n) is 20.2. The van der Waals surface area contributed by atoms with Gasteiger partial charge >= 0.3 is 6.09 Å². The molecule has 4 aromatic rings. The topological polar surface area (TPSA) is 114 Å². The maximum absolute atomic E-state index is 13.4. The molecule has 37 heavy (non-hydrogen) atoms. The molecule has 0 aliphatic carbocycles. The van der Waals surface area contributed by atoms with Gasteiger partial charge in [0.2, 0.25) is 15.9 Å². The van der Waals surface area contributed by atoms with Gasteiger partial charge in [-0.25, -0.2) is 17.9 Å². The minimum absolute atomic E-state index is 0.0678. The zero-order valence-corrected chi connectivity index (χ0v) is 21.0. The molecule has 0 aromatic heterocycles. The Balaban J connectivity index is 1.57. The predicted octanol–water partition coefficient (Wildman–Crippen LogP) is 4.22. The first-order valence-electron chi connectivity index (χ1n) is 11.6. The molecule has 0 heterocycles. The van der Waals surface area contributed by atoms with Gasteiger partial charge in [-0.1, -0.05) is 84.9 Å². The first-order valence-corrected chi connectivity index (χ1v) is 13.1. The van der Waals surface area contributed by atoms with Crippen molar-refractivity contribution in [1.82, 2.24) is 10.0 Å². The van der Waals surface area contributed by atoms with E-state index in [1.54, 1.807) is 30.3 Å². The van der Waals surface area contributed by atoms with Crippen molar-refractivity contribution in [3.8, 4) is 0 Å². The molecule has 0 bridgehead atoms. The van der Waals surface area contributed by atoms with Crippen LogP contribution >= 0.6 is 0 Å². The Morgan fingerprint density at radius 1 is 0.784 bits per heavy atom. The first-order chi connectivity index (χ1) is 17.9. The van der Waals surface area contributed by atoms with E-state index in [0.717, 1.165) is 11.1 Å². The zero-order chi connectivity index (χ0) is 26.3. The van der Waals surface area contributed by atoms with Gasteiger partial charge in [0, 0.05) is 22.9 Å². The van der Waals surface area contributed by atoms with Crippen LogP contribution in [0.2, 0.25) is 0 Å². The third-order valence-electron chi connectivity index (χ3n) is 5.80. The Morgan fingerprint density at radius 2 is 1.41 bits per heavy atom. The van der Waals surface area contributed by atoms with E-state index in [0.29, 0.717) is 16.5 Å². The molecular formula is C28H27N3O5S. The molecule has 0 aliphatic rings. The van der Waals surface area contributed by atoms with E-state index in [-0.39, 0.29) is 17.9 Å². The number of hydrogen-bond donors (Lipinski definition) is 3. The number of carbonyl (C=O) groups is 2. The van der Waals surface area contributed by atoms with E-state index in [4.69, 9.17) is 4.74 Å². The maximum atomic E-state index is 13.4. The summed E-state index contributed by atoms with van der Waals surface area (Å²) < 4.78 is 32.6. The number of fused-ring (bicyclic) bond motifs is 1. The van der Waals surface area contributed by atoms with E-state index in [1.807, 2.05) is 60.7 Å². The van der Waals surface area contributed by atoms with Gasteiger partial charge in [-0.2, -0.15) is 0 Å². The fraction of sp³-hybridized carbons (Fsp3) is 0.143. The molecule has 1 atom stereocenters. The van der Waals surface area contributed by atoms with E-state index in [1.165, 1.54) is 13.1 Å². The third kappa shape index (κ3) is 6.52. The Morgan fingerprint density at radius 3 is 2.08 bits per heavy atom. The second-order valence-electron chi connectivity index (χ2n) is 8.30. The second kappa shape index (κ2) is 11.7. The van der Waals surface area contributed by atoms with Gasteiger partial charge in [-0.05, 0) is 30.3 Å². The molecule has 0 aliphatic heterocycles. The molecule has 1 unspecified atom stereocenters. The van der Waals surface area contributed by atoms with Gasteiger partial charge < -0.3 is 15.4 Å². The van der Waals surface area contributed by atoms with Crippen LogP contribution in [-0.2, 0) is 32.6 Å². The van der Waals surface area contributed by atoms with Crippen LogP contribution in [0.5, 0.6) is 0 Å². The maximum Gasteiger partial charge on any atom is 0.408 e. The highest BCUT2D eigenvalue weighted by Crippen LogP contribution is 2.29. The minimum Gasteiger partial charge on any atom is -0.445 e. The molecular weight excluding hydrogens is 490 g/mol. The molecule has 0 fully saturated rings. The van der Waals surface area contributed by atoms with E-state index in [2.05, 4.69) is 15.4 Å². The van der Waals surface area contributed by atoms with Crippen LogP contribution in [0.4, 0.5) is 10.5 Å². The van der Waals surface area contributed by atoms with Gasteiger partial charge in [0.25, 0.3) is 0 Å². The van der Waals surface area contributed by atoms with Crippen molar-refractivity contribution < 1.29 is 22.7 Å². The summed E-state index contributed by atoms with van der Waals surface area (Å²) in [6.45, 7) is 0.0678. The lowest BCUT2D eigenvalue weighted by atomic mass is 10.0. The van der Waals surface area contributed by atoms with Gasteiger partial charge in [-0.3, -0.25) is 4.79 Å². The molecule has 8 nitrogen and oxygen atoms in total. The van der Waals surface area contributed by atoms with Crippen LogP contribution in [0.1, 0.15) is 11.1 Å². The lowest BCUT2D eigenvalue weighted by molar-refractivity contribution is -0.118. The lowest BCUT2D eigenvalue weighted by Gasteiger charge is -2.19. The fourth-order valence-corrected chi connectivity index (χ4v) is 4.87. The highest BCUT2D eigenvalue weighted by molar-refractivity contribution is 7.89. The van der Waals surface area contributed by atoms with Gasteiger partial charge in [0.1, 0.15) is 12.6 Å². The molecule has 0 radical (unpaired) electrons. The molecule has 3 N–H and O–H groups in total. The summed E-state index contributed by atoms with van der Waals surface area (Å²) in [5, 5.41) is 6.54. The van der Waals surface area contributed by atoms with Crippen molar-refractivity contribution in [2.75, 3.05) is 12.4 Å². The summed E-state index contributed by atoms with van der Waals surface area (Å²) in [4.78, 5) is 26.1. The van der Waals surface area contributed by atoms with Crippen molar-refractivity contribution >= 4 is 38.5 Å². The summed E-state index contributed by atoms with van der Waals surface area (Å²) in [7, 11) is -2.36. The molecule has 190 valence electrons. The SMILES string of the molecule is CNS(=O)(=O)c1cccc2c(NC(=O)C(Cc3ccccc3)NC(=O)OCc3ccccc3)cccc12. The second-order valence-corrected chi connectivity index (χ2v) is 10.2. The molecule has 4 rings (SSSR count). The normalized spacial score (nSPS) is 12.0. The average molecular weight is 518 g/mol. The highest BCUT2D eigenvalue weighted by atomic mass is 32.2. The van der Waals surface area contributed by atoms with Crippen molar-refractivity contribution in [3.63, 3.8) is 0 Å². The standard InChI is InChI=1S/C28H27N3O5S/c1-29-37(34,35)26-17-9-14-22-23(26)15-8-16-24(22)30-27(32)25(18-20-10-4-2-5-11-20)31-28(33)36-19-21-12-6-3-7-13-21/h2-17,25,29H,18-19H2,1H3,(H,30,32)(H,31,33). The van der Waals surface area contributed by atoms with Crippen LogP contribution in [0, 0.1) is 0 Å². The van der Waals surface area contributed by atoms with E-state index in [9.17, 15) is 18.0 Å². The number of carbonyl (C=O) groups excluding carboxylic acids is 2. The fourth-order valence-electron chi connectivity index (χ4n) is 3.92. The van der Waals surface area contributed by atoms with Gasteiger partial charge in [0.15, 0.2) is 0 Å². The Bertz CT molecular complexity index is 1490. The van der Waals surface area contributed by atoms with Crippen molar-refractivity contribution in [2.24, 2.45) is 0 Å². The minimum atomic E-state index is -3.71. The molecule has 4 aromatic carbocycles. The summed E-state index contributed by atoms with van der Waals surface area (Å²) in [5.74, 6) is -0.463. The Kier molecular flexibility index (Phi) is 8.17. The van der Waals surface area contributed by atoms with Gasteiger partial charge in [-0.15, -0.1) is 0 Å². The number of sulfonamides is 1. The smallest absolute Gasteiger partial charge is 0.408 e. The molecule has 9 heteroatoms. The lowest BCUT2D eigenvalue weighted by Crippen LogP contribution is -2.45. The summed E-state index contributed by atoms with van der Waals surface area (Å²) in [6, 6.07) is 27.5. The van der Waals surface area contributed by atoms with Crippen molar-refractivity contribution in [3.05, 3.63) is 108 Å². The summed E-state index contributed by atoms with van der Waals surface area (Å²) in [6.07, 6.45) is -0.489. The quantitative estimate of drug-likeness (QED) is 0.308. The number of benzene rings is 4. The van der Waals surface area contributed by atoms with E-state index >= 15 is 0 Å².